The van der Waals surface area contributed by atoms with Gasteiger partial charge in [0.05, 0.1) is 24.1 Å². The first-order valence-electron chi connectivity index (χ1n) is 8.21. The molecule has 1 aliphatic heterocycles. The fourth-order valence-electron chi connectivity index (χ4n) is 3.91. The Hall–Kier alpha value is -1.77. The molecular formula is C16H17N4O2S2+. The smallest absolute Gasteiger partial charge is 0.279 e. The van der Waals surface area contributed by atoms with Crippen molar-refractivity contribution in [2.45, 2.75) is 19.3 Å². The molecule has 3 aromatic heterocycles. The van der Waals surface area contributed by atoms with Crippen LogP contribution >= 0.6 is 23.6 Å². The highest BCUT2D eigenvalue weighted by atomic mass is 32.1. The summed E-state index contributed by atoms with van der Waals surface area (Å²) in [6.45, 7) is 3.34. The van der Waals surface area contributed by atoms with Gasteiger partial charge in [-0.2, -0.15) is 0 Å². The zero-order valence-corrected chi connectivity index (χ0v) is 14.7. The van der Waals surface area contributed by atoms with Gasteiger partial charge in [-0.25, -0.2) is 4.98 Å². The molecule has 3 aromatic rings. The van der Waals surface area contributed by atoms with Crippen molar-refractivity contribution in [1.82, 2.24) is 9.97 Å². The largest absolute Gasteiger partial charge is 0.373 e. The van der Waals surface area contributed by atoms with Gasteiger partial charge in [-0.15, -0.1) is 0 Å². The van der Waals surface area contributed by atoms with Gasteiger partial charge in [0.25, 0.3) is 11.4 Å². The van der Waals surface area contributed by atoms with E-state index in [4.69, 9.17) is 17.0 Å². The highest BCUT2D eigenvalue weighted by Gasteiger charge is 2.31. The Morgan fingerprint density at radius 3 is 2.79 bits per heavy atom. The average molecular weight is 361 g/mol. The van der Waals surface area contributed by atoms with Crippen LogP contribution in [0.25, 0.3) is 20.4 Å². The molecule has 6 nitrogen and oxygen atoms in total. The van der Waals surface area contributed by atoms with Gasteiger partial charge >= 0.3 is 0 Å². The van der Waals surface area contributed by atoms with Crippen LogP contribution in [0.2, 0.25) is 0 Å². The van der Waals surface area contributed by atoms with Gasteiger partial charge in [0.15, 0.2) is 9.60 Å². The quantitative estimate of drug-likeness (QED) is 0.650. The highest BCUT2D eigenvalue weighted by Crippen LogP contribution is 2.38. The molecule has 2 aliphatic rings. The van der Waals surface area contributed by atoms with Crippen LogP contribution in [0.15, 0.2) is 4.79 Å². The van der Waals surface area contributed by atoms with Crippen LogP contribution in [0.3, 0.4) is 0 Å². The molecule has 5 rings (SSSR count). The van der Waals surface area contributed by atoms with E-state index >= 15 is 0 Å². The Morgan fingerprint density at radius 2 is 1.96 bits per heavy atom. The van der Waals surface area contributed by atoms with E-state index in [0.29, 0.717) is 9.47 Å². The number of hydrogen-bond acceptors (Lipinski definition) is 5. The topological polar surface area (TPSA) is 75.3 Å². The van der Waals surface area contributed by atoms with E-state index < -0.39 is 0 Å². The summed E-state index contributed by atoms with van der Waals surface area (Å²) >= 11 is 6.68. The fourth-order valence-corrected chi connectivity index (χ4v) is 5.18. The SMILES string of the molecule is O=c1[nH]c(=S)[nH]c2c1sc1[nH+]c(N3CCOCC3)c3c(c12)CCC3. The average Bonchev–Trinajstić information content (AvgIpc) is 3.19. The van der Waals surface area contributed by atoms with Crippen LogP contribution in [0.4, 0.5) is 5.82 Å². The van der Waals surface area contributed by atoms with Crippen LogP contribution < -0.4 is 15.4 Å². The predicted molar refractivity (Wildman–Crippen MR) is 96.7 cm³/mol. The maximum absolute atomic E-state index is 12.3. The minimum Gasteiger partial charge on any atom is -0.373 e. The molecule has 1 fully saturated rings. The second kappa shape index (κ2) is 5.37. The third kappa shape index (κ3) is 2.06. The van der Waals surface area contributed by atoms with Crippen molar-refractivity contribution in [3.05, 3.63) is 26.3 Å². The lowest BCUT2D eigenvalue weighted by Crippen LogP contribution is -2.40. The number of nitrogens with zero attached hydrogens (tertiary/aromatic N) is 1. The molecule has 0 saturated carbocycles. The standard InChI is InChI=1S/C16H16N4O2S2/c21-14-12-11(17-16(23)19-14)10-8-2-1-3-9(8)13(18-15(10)24-12)20-4-6-22-7-5-20/h1-7H2,(H2,17,19,21,23)/p+1. The van der Waals surface area contributed by atoms with Crippen LogP contribution in [0.5, 0.6) is 0 Å². The third-order valence-electron chi connectivity index (χ3n) is 4.94. The van der Waals surface area contributed by atoms with Crippen LogP contribution in [-0.2, 0) is 17.6 Å². The summed E-state index contributed by atoms with van der Waals surface area (Å²) in [5.74, 6) is 1.21. The van der Waals surface area contributed by atoms with Gasteiger partial charge in [0.1, 0.15) is 17.8 Å². The molecule has 0 bridgehead atoms. The summed E-state index contributed by atoms with van der Waals surface area (Å²) in [4.78, 5) is 25.2. The lowest BCUT2D eigenvalue weighted by Gasteiger charge is -2.23. The number of ether oxygens (including phenoxy) is 1. The predicted octanol–water partition coefficient (Wildman–Crippen LogP) is 1.94. The molecule has 4 heterocycles. The van der Waals surface area contributed by atoms with E-state index in [9.17, 15) is 4.79 Å². The van der Waals surface area contributed by atoms with Gasteiger partial charge in [-0.05, 0) is 37.0 Å². The maximum Gasteiger partial charge on any atom is 0.279 e. The third-order valence-corrected chi connectivity index (χ3v) is 6.25. The number of hydrogen-bond donors (Lipinski definition) is 2. The monoisotopic (exact) mass is 361 g/mol. The van der Waals surface area contributed by atoms with Crippen molar-refractivity contribution in [1.29, 1.82) is 0 Å². The molecule has 3 N–H and O–H groups in total. The molecule has 24 heavy (non-hydrogen) atoms. The highest BCUT2D eigenvalue weighted by molar-refractivity contribution is 7.71. The molecule has 0 spiro atoms. The van der Waals surface area contributed by atoms with E-state index in [-0.39, 0.29) is 5.56 Å². The van der Waals surface area contributed by atoms with E-state index in [1.807, 2.05) is 0 Å². The molecule has 0 aromatic carbocycles. The van der Waals surface area contributed by atoms with Crippen LogP contribution in [0, 0.1) is 4.77 Å². The molecule has 0 unspecified atom stereocenters. The van der Waals surface area contributed by atoms with Crippen molar-refractivity contribution in [3.63, 3.8) is 0 Å². The number of thiophene rings is 1. The Bertz CT molecular complexity index is 1080. The van der Waals surface area contributed by atoms with Crippen molar-refractivity contribution >= 4 is 49.8 Å². The Morgan fingerprint density at radius 1 is 1.17 bits per heavy atom. The number of aromatic nitrogens is 3. The number of rotatable bonds is 1. The number of pyridine rings is 1. The second-order valence-corrected chi connectivity index (χ2v) is 7.73. The number of aromatic amines is 3. The van der Waals surface area contributed by atoms with Crippen molar-refractivity contribution in [2.24, 2.45) is 0 Å². The normalized spacial score (nSPS) is 17.8. The molecule has 124 valence electrons. The number of fused-ring (bicyclic) bond motifs is 5. The van der Waals surface area contributed by atoms with Gasteiger partial charge in [-0.3, -0.25) is 14.7 Å². The minimum absolute atomic E-state index is 0.108. The van der Waals surface area contributed by atoms with Gasteiger partial charge < -0.3 is 9.72 Å². The summed E-state index contributed by atoms with van der Waals surface area (Å²) in [5, 5.41) is 1.15. The Balaban J connectivity index is 1.85. The number of H-pyrrole nitrogens is 3. The summed E-state index contributed by atoms with van der Waals surface area (Å²) in [6.07, 6.45) is 3.29. The maximum atomic E-state index is 12.3. The zero-order chi connectivity index (χ0) is 16.3. The van der Waals surface area contributed by atoms with E-state index in [2.05, 4.69) is 19.9 Å². The first-order valence-corrected chi connectivity index (χ1v) is 9.43. The summed E-state index contributed by atoms with van der Waals surface area (Å²) < 4.78 is 6.59. The minimum atomic E-state index is -0.108. The lowest BCUT2D eigenvalue weighted by molar-refractivity contribution is -0.328. The van der Waals surface area contributed by atoms with Crippen LogP contribution in [-0.4, -0.2) is 36.3 Å². The second-order valence-electron chi connectivity index (χ2n) is 6.30. The fraction of sp³-hybridized carbons (Fsp3) is 0.438. The lowest BCUT2D eigenvalue weighted by atomic mass is 10.1. The molecule has 1 saturated heterocycles. The summed E-state index contributed by atoms with van der Waals surface area (Å²) in [5.41, 5.74) is 3.53. The van der Waals surface area contributed by atoms with Gasteiger partial charge in [0, 0.05) is 5.56 Å². The summed E-state index contributed by atoms with van der Waals surface area (Å²) in [6, 6.07) is 0. The molecule has 8 heteroatoms. The first-order chi connectivity index (χ1) is 11.7. The first kappa shape index (κ1) is 14.6. The molecule has 0 radical (unpaired) electrons. The zero-order valence-electron chi connectivity index (χ0n) is 13.0. The van der Waals surface area contributed by atoms with Crippen molar-refractivity contribution < 1.29 is 9.72 Å². The van der Waals surface area contributed by atoms with Gasteiger partial charge in [-0.1, -0.05) is 11.3 Å². The van der Waals surface area contributed by atoms with Gasteiger partial charge in [0.2, 0.25) is 0 Å². The molecular weight excluding hydrogens is 344 g/mol. The Kier molecular flexibility index (Phi) is 3.26. The number of morpholine rings is 1. The number of anilines is 1. The van der Waals surface area contributed by atoms with E-state index in [1.165, 1.54) is 28.3 Å². The number of nitrogens with one attached hydrogen (secondary N) is 3. The Labute approximate surface area is 146 Å². The summed E-state index contributed by atoms with van der Waals surface area (Å²) in [7, 11) is 0. The van der Waals surface area contributed by atoms with E-state index in [0.717, 1.165) is 61.3 Å². The van der Waals surface area contributed by atoms with E-state index in [1.54, 1.807) is 0 Å². The van der Waals surface area contributed by atoms with Crippen LogP contribution in [0.1, 0.15) is 17.5 Å². The van der Waals surface area contributed by atoms with Crippen molar-refractivity contribution in [3.8, 4) is 0 Å². The molecule has 1 aliphatic carbocycles. The molecule has 0 atom stereocenters. The van der Waals surface area contributed by atoms with Crippen molar-refractivity contribution in [2.75, 3.05) is 31.2 Å². The molecule has 0 amide bonds. The number of aryl methyl sites for hydroxylation is 1.